The first-order valence-electron chi connectivity index (χ1n) is 5.49. The number of H-pyrrole nitrogens is 1. The van der Waals surface area contributed by atoms with Gasteiger partial charge in [0, 0.05) is 16.0 Å². The van der Waals surface area contributed by atoms with Crippen molar-refractivity contribution >= 4 is 22.5 Å². The molecule has 0 fully saturated rings. The van der Waals surface area contributed by atoms with Crippen LogP contribution in [-0.4, -0.2) is 9.97 Å². The van der Waals surface area contributed by atoms with Crippen molar-refractivity contribution in [2.75, 3.05) is 0 Å². The Morgan fingerprint density at radius 3 is 2.61 bits per heavy atom. The first-order chi connectivity index (χ1) is 8.74. The molecule has 1 aromatic heterocycles. The second kappa shape index (κ2) is 4.27. The van der Waals surface area contributed by atoms with Crippen LogP contribution in [0, 0.1) is 0 Å². The summed E-state index contributed by atoms with van der Waals surface area (Å²) in [6, 6.07) is 15.0. The number of nitrogens with zero attached hydrogens (tertiary/aromatic N) is 1. The van der Waals surface area contributed by atoms with Crippen molar-refractivity contribution in [1.82, 2.24) is 9.97 Å². The summed E-state index contributed by atoms with van der Waals surface area (Å²) in [6.07, 6.45) is 0. The zero-order valence-electron chi connectivity index (χ0n) is 9.35. The van der Waals surface area contributed by atoms with Crippen molar-refractivity contribution in [1.29, 1.82) is 0 Å². The van der Waals surface area contributed by atoms with Gasteiger partial charge in [-0.25, -0.2) is 4.79 Å². The molecule has 0 saturated heterocycles. The van der Waals surface area contributed by atoms with E-state index >= 15 is 0 Å². The second-order valence-corrected chi connectivity index (χ2v) is 4.38. The van der Waals surface area contributed by atoms with Gasteiger partial charge in [-0.05, 0) is 18.2 Å². The van der Waals surface area contributed by atoms with Crippen LogP contribution >= 0.6 is 11.6 Å². The Morgan fingerprint density at radius 2 is 1.83 bits per heavy atom. The smallest absolute Gasteiger partial charge is 0.305 e. The zero-order valence-corrected chi connectivity index (χ0v) is 10.1. The predicted molar refractivity (Wildman–Crippen MR) is 72.8 cm³/mol. The number of benzene rings is 2. The second-order valence-electron chi connectivity index (χ2n) is 3.95. The Balaban J connectivity index is 2.39. The van der Waals surface area contributed by atoms with Crippen molar-refractivity contribution in [2.45, 2.75) is 0 Å². The maximum Gasteiger partial charge on any atom is 0.345 e. The zero-order chi connectivity index (χ0) is 12.5. The Hall–Kier alpha value is -2.13. The average molecular weight is 257 g/mol. The van der Waals surface area contributed by atoms with E-state index < -0.39 is 0 Å². The molecule has 3 nitrogen and oxygen atoms in total. The molecule has 2 aromatic carbocycles. The third-order valence-corrected chi connectivity index (χ3v) is 2.97. The third-order valence-electron chi connectivity index (χ3n) is 2.74. The molecule has 0 aliphatic carbocycles. The van der Waals surface area contributed by atoms with Crippen LogP contribution in [0.2, 0.25) is 5.02 Å². The lowest BCUT2D eigenvalue weighted by Gasteiger charge is -2.05. The van der Waals surface area contributed by atoms with E-state index in [2.05, 4.69) is 9.97 Å². The molecule has 88 valence electrons. The molecule has 0 amide bonds. The van der Waals surface area contributed by atoms with Crippen LogP contribution in [0.5, 0.6) is 0 Å². The number of hydrogen-bond donors (Lipinski definition) is 1. The van der Waals surface area contributed by atoms with Crippen LogP contribution in [-0.2, 0) is 0 Å². The number of halogens is 1. The SMILES string of the molecule is O=c1nc(-c2ccccc2)c2ccc(Cl)cc2[nH]1. The fourth-order valence-electron chi connectivity index (χ4n) is 1.95. The quantitative estimate of drug-likeness (QED) is 0.726. The van der Waals surface area contributed by atoms with Crippen LogP contribution in [0.3, 0.4) is 0 Å². The summed E-state index contributed by atoms with van der Waals surface area (Å²) in [6.45, 7) is 0. The molecule has 3 aromatic rings. The molecule has 0 unspecified atom stereocenters. The lowest BCUT2D eigenvalue weighted by Crippen LogP contribution is -2.11. The normalized spacial score (nSPS) is 10.7. The fourth-order valence-corrected chi connectivity index (χ4v) is 2.12. The lowest BCUT2D eigenvalue weighted by atomic mass is 10.1. The predicted octanol–water partition coefficient (Wildman–Crippen LogP) is 3.24. The van der Waals surface area contributed by atoms with Gasteiger partial charge in [-0.15, -0.1) is 0 Å². The van der Waals surface area contributed by atoms with E-state index in [0.717, 1.165) is 10.9 Å². The third kappa shape index (κ3) is 1.89. The Morgan fingerprint density at radius 1 is 1.06 bits per heavy atom. The van der Waals surface area contributed by atoms with Gasteiger partial charge < -0.3 is 4.98 Å². The van der Waals surface area contributed by atoms with Gasteiger partial charge >= 0.3 is 5.69 Å². The number of hydrogen-bond acceptors (Lipinski definition) is 2. The standard InChI is InChI=1S/C14H9ClN2O/c15-10-6-7-11-12(8-10)16-14(18)17-13(11)9-4-2-1-3-5-9/h1-8H,(H,16,17,18). The summed E-state index contributed by atoms with van der Waals surface area (Å²) < 4.78 is 0. The van der Waals surface area contributed by atoms with Crippen LogP contribution in [0.1, 0.15) is 0 Å². The summed E-state index contributed by atoms with van der Waals surface area (Å²) in [7, 11) is 0. The van der Waals surface area contributed by atoms with Gasteiger partial charge in [-0.1, -0.05) is 41.9 Å². The summed E-state index contributed by atoms with van der Waals surface area (Å²) in [4.78, 5) is 18.3. The minimum Gasteiger partial charge on any atom is -0.305 e. The van der Waals surface area contributed by atoms with E-state index in [1.54, 1.807) is 12.1 Å². The van der Waals surface area contributed by atoms with Crippen molar-refractivity contribution in [3.05, 3.63) is 64.0 Å². The van der Waals surface area contributed by atoms with E-state index in [0.29, 0.717) is 16.2 Å². The molecule has 0 radical (unpaired) electrons. The van der Waals surface area contributed by atoms with E-state index in [1.165, 1.54) is 0 Å². The van der Waals surface area contributed by atoms with Crippen LogP contribution < -0.4 is 5.69 Å². The molecule has 3 rings (SSSR count). The lowest BCUT2D eigenvalue weighted by molar-refractivity contribution is 1.12. The Labute approximate surface area is 108 Å². The minimum atomic E-state index is -0.372. The summed E-state index contributed by atoms with van der Waals surface area (Å²) in [5.41, 5.74) is 1.91. The van der Waals surface area contributed by atoms with Gasteiger partial charge in [-0.3, -0.25) is 0 Å². The summed E-state index contributed by atoms with van der Waals surface area (Å²) in [5.74, 6) is 0. The Kier molecular flexibility index (Phi) is 2.61. The van der Waals surface area contributed by atoms with Gasteiger partial charge in [0.15, 0.2) is 0 Å². The molecular weight excluding hydrogens is 248 g/mol. The van der Waals surface area contributed by atoms with Gasteiger partial charge in [0.2, 0.25) is 0 Å². The fraction of sp³-hybridized carbons (Fsp3) is 0. The van der Waals surface area contributed by atoms with Crippen molar-refractivity contribution < 1.29 is 0 Å². The van der Waals surface area contributed by atoms with Crippen LogP contribution in [0.15, 0.2) is 53.3 Å². The molecule has 0 atom stereocenters. The largest absolute Gasteiger partial charge is 0.345 e. The highest BCUT2D eigenvalue weighted by Crippen LogP contribution is 2.25. The Bertz CT molecular complexity index is 766. The molecular formula is C14H9ClN2O. The maximum absolute atomic E-state index is 11.6. The number of aromatic nitrogens is 2. The summed E-state index contributed by atoms with van der Waals surface area (Å²) >= 11 is 5.93. The highest BCUT2D eigenvalue weighted by atomic mass is 35.5. The van der Waals surface area contributed by atoms with E-state index in [4.69, 9.17) is 11.6 Å². The van der Waals surface area contributed by atoms with Gasteiger partial charge in [0.1, 0.15) is 0 Å². The molecule has 0 bridgehead atoms. The first-order valence-corrected chi connectivity index (χ1v) is 5.87. The van der Waals surface area contributed by atoms with E-state index in [-0.39, 0.29) is 5.69 Å². The summed E-state index contributed by atoms with van der Waals surface area (Å²) in [5, 5.41) is 1.47. The molecule has 4 heteroatoms. The monoisotopic (exact) mass is 256 g/mol. The van der Waals surface area contributed by atoms with E-state index in [1.807, 2.05) is 36.4 Å². The van der Waals surface area contributed by atoms with Crippen molar-refractivity contribution in [3.8, 4) is 11.3 Å². The molecule has 0 aliphatic rings. The number of aromatic amines is 1. The maximum atomic E-state index is 11.6. The molecule has 18 heavy (non-hydrogen) atoms. The molecule has 0 aliphatic heterocycles. The number of fused-ring (bicyclic) bond motifs is 1. The highest BCUT2D eigenvalue weighted by molar-refractivity contribution is 6.31. The first kappa shape index (κ1) is 11.0. The number of rotatable bonds is 1. The van der Waals surface area contributed by atoms with Crippen molar-refractivity contribution in [3.63, 3.8) is 0 Å². The molecule has 0 saturated carbocycles. The van der Waals surface area contributed by atoms with Crippen LogP contribution in [0.25, 0.3) is 22.2 Å². The molecule has 1 heterocycles. The topological polar surface area (TPSA) is 45.8 Å². The number of nitrogens with one attached hydrogen (secondary N) is 1. The van der Waals surface area contributed by atoms with Crippen LogP contribution in [0.4, 0.5) is 0 Å². The molecule has 1 N–H and O–H groups in total. The van der Waals surface area contributed by atoms with E-state index in [9.17, 15) is 4.79 Å². The van der Waals surface area contributed by atoms with Gasteiger partial charge in [0.05, 0.1) is 11.2 Å². The molecule has 0 spiro atoms. The highest BCUT2D eigenvalue weighted by Gasteiger charge is 2.07. The minimum absolute atomic E-state index is 0.372. The van der Waals surface area contributed by atoms with Gasteiger partial charge in [-0.2, -0.15) is 4.98 Å². The average Bonchev–Trinajstić information content (AvgIpc) is 2.38. The van der Waals surface area contributed by atoms with Crippen molar-refractivity contribution in [2.24, 2.45) is 0 Å². The van der Waals surface area contributed by atoms with Gasteiger partial charge in [0.25, 0.3) is 0 Å².